The maximum atomic E-state index is 12.4. The Morgan fingerprint density at radius 2 is 1.85 bits per heavy atom. The van der Waals surface area contributed by atoms with Crippen LogP contribution < -0.4 is 15.0 Å². The van der Waals surface area contributed by atoms with Gasteiger partial charge in [-0.25, -0.2) is 0 Å². The van der Waals surface area contributed by atoms with E-state index in [0.29, 0.717) is 6.54 Å². The van der Waals surface area contributed by atoms with E-state index in [-0.39, 0.29) is 30.5 Å². The van der Waals surface area contributed by atoms with Crippen LogP contribution >= 0.6 is 15.9 Å². The standard InChI is InChI=1S/C19H17BrF2N2O3/c20-14-3-5-15(6-4-14)24-11-13(9-17(24)25)18(26)23-10-12-1-7-16(8-2-12)27-19(21)22/h1-8,13,19H,9-11H2,(H,23,26)/t13-/m1/s1. The lowest BCUT2D eigenvalue weighted by atomic mass is 10.1. The Kier molecular flexibility index (Phi) is 6.05. The monoisotopic (exact) mass is 438 g/mol. The van der Waals surface area contributed by atoms with Gasteiger partial charge in [0.1, 0.15) is 5.75 Å². The second kappa shape index (κ2) is 8.47. The third-order valence-corrected chi connectivity index (χ3v) is 4.78. The number of amides is 2. The number of halogens is 3. The molecule has 5 nitrogen and oxygen atoms in total. The number of rotatable bonds is 6. The minimum absolute atomic E-state index is 0.0617. The fraction of sp³-hybridized carbons (Fsp3) is 0.263. The number of hydrogen-bond donors (Lipinski definition) is 1. The van der Waals surface area contributed by atoms with Gasteiger partial charge < -0.3 is 15.0 Å². The van der Waals surface area contributed by atoms with E-state index in [1.807, 2.05) is 24.3 Å². The second-order valence-corrected chi connectivity index (χ2v) is 7.04. The number of alkyl halides is 2. The summed E-state index contributed by atoms with van der Waals surface area (Å²) in [6.07, 6.45) is 0.156. The molecular weight excluding hydrogens is 422 g/mol. The Balaban J connectivity index is 1.54. The van der Waals surface area contributed by atoms with Gasteiger partial charge in [-0.05, 0) is 42.0 Å². The van der Waals surface area contributed by atoms with E-state index in [9.17, 15) is 18.4 Å². The zero-order valence-corrected chi connectivity index (χ0v) is 15.8. The topological polar surface area (TPSA) is 58.6 Å². The fourth-order valence-corrected chi connectivity index (χ4v) is 3.14. The normalized spacial score (nSPS) is 16.7. The average Bonchev–Trinajstić information content (AvgIpc) is 3.03. The van der Waals surface area contributed by atoms with Crippen LogP contribution in [0.25, 0.3) is 0 Å². The van der Waals surface area contributed by atoms with Crippen molar-refractivity contribution in [3.8, 4) is 5.75 Å². The number of benzene rings is 2. The molecule has 2 aromatic rings. The summed E-state index contributed by atoms with van der Waals surface area (Å²) in [7, 11) is 0. The third kappa shape index (κ3) is 5.03. The Morgan fingerprint density at radius 3 is 2.48 bits per heavy atom. The number of nitrogens with one attached hydrogen (secondary N) is 1. The van der Waals surface area contributed by atoms with Gasteiger partial charge in [0.2, 0.25) is 11.8 Å². The predicted octanol–water partition coefficient (Wildman–Crippen LogP) is 3.72. The molecule has 2 amide bonds. The summed E-state index contributed by atoms with van der Waals surface area (Å²) in [6, 6.07) is 13.4. The van der Waals surface area contributed by atoms with Crippen LogP contribution in [0.2, 0.25) is 0 Å². The van der Waals surface area contributed by atoms with Crippen molar-refractivity contribution in [1.82, 2.24) is 5.32 Å². The van der Waals surface area contributed by atoms with E-state index in [1.165, 1.54) is 12.1 Å². The summed E-state index contributed by atoms with van der Waals surface area (Å²) in [6.45, 7) is -2.30. The molecule has 0 bridgehead atoms. The molecule has 8 heteroatoms. The molecule has 0 unspecified atom stereocenters. The summed E-state index contributed by atoms with van der Waals surface area (Å²) < 4.78 is 29.5. The van der Waals surface area contributed by atoms with Crippen molar-refractivity contribution < 1.29 is 23.1 Å². The third-order valence-electron chi connectivity index (χ3n) is 4.25. The molecule has 1 heterocycles. The molecule has 1 saturated heterocycles. The average molecular weight is 439 g/mol. The summed E-state index contributed by atoms with van der Waals surface area (Å²) in [4.78, 5) is 26.2. The summed E-state index contributed by atoms with van der Waals surface area (Å²) >= 11 is 3.35. The first-order valence-electron chi connectivity index (χ1n) is 8.30. The highest BCUT2D eigenvalue weighted by atomic mass is 79.9. The number of nitrogens with zero attached hydrogens (tertiary/aromatic N) is 1. The van der Waals surface area contributed by atoms with Crippen LogP contribution in [0.1, 0.15) is 12.0 Å². The highest BCUT2D eigenvalue weighted by molar-refractivity contribution is 9.10. The number of hydrogen-bond acceptors (Lipinski definition) is 3. The molecule has 1 atom stereocenters. The predicted molar refractivity (Wildman–Crippen MR) is 99.5 cm³/mol. The van der Waals surface area contributed by atoms with Crippen molar-refractivity contribution in [3.63, 3.8) is 0 Å². The molecule has 1 aliphatic heterocycles. The second-order valence-electron chi connectivity index (χ2n) is 6.12. The molecule has 1 aliphatic rings. The Morgan fingerprint density at radius 1 is 1.19 bits per heavy atom. The van der Waals surface area contributed by atoms with Crippen molar-refractivity contribution in [2.24, 2.45) is 5.92 Å². The SMILES string of the molecule is O=C(NCc1ccc(OC(F)F)cc1)[C@@H]1CC(=O)N(c2ccc(Br)cc2)C1. The van der Waals surface area contributed by atoms with E-state index in [2.05, 4.69) is 26.0 Å². The van der Waals surface area contributed by atoms with Gasteiger partial charge in [0.15, 0.2) is 0 Å². The molecule has 1 N–H and O–H groups in total. The summed E-state index contributed by atoms with van der Waals surface area (Å²) in [5.41, 5.74) is 1.51. The van der Waals surface area contributed by atoms with Gasteiger partial charge in [0.05, 0.1) is 5.92 Å². The Hall–Kier alpha value is -2.48. The molecule has 3 rings (SSSR count). The van der Waals surface area contributed by atoms with Crippen molar-refractivity contribution in [1.29, 1.82) is 0 Å². The first kappa shape index (κ1) is 19.3. The highest BCUT2D eigenvalue weighted by Crippen LogP contribution is 2.26. The Labute approximate surface area is 163 Å². The van der Waals surface area contributed by atoms with Gasteiger partial charge in [-0.1, -0.05) is 28.1 Å². The largest absolute Gasteiger partial charge is 0.435 e. The van der Waals surface area contributed by atoms with Crippen molar-refractivity contribution in [2.75, 3.05) is 11.4 Å². The summed E-state index contributed by atoms with van der Waals surface area (Å²) in [5.74, 6) is -0.670. The molecule has 2 aromatic carbocycles. The van der Waals surface area contributed by atoms with Crippen LogP contribution in [-0.2, 0) is 16.1 Å². The quantitative estimate of drug-likeness (QED) is 0.747. The van der Waals surface area contributed by atoms with E-state index in [1.54, 1.807) is 17.0 Å². The molecule has 27 heavy (non-hydrogen) atoms. The number of carbonyl (C=O) groups excluding carboxylic acids is 2. The zero-order valence-electron chi connectivity index (χ0n) is 14.2. The van der Waals surface area contributed by atoms with Crippen molar-refractivity contribution in [3.05, 3.63) is 58.6 Å². The Bertz CT molecular complexity index is 813. The lowest BCUT2D eigenvalue weighted by Crippen LogP contribution is -2.32. The van der Waals surface area contributed by atoms with Crippen LogP contribution in [0.15, 0.2) is 53.0 Å². The van der Waals surface area contributed by atoms with Crippen molar-refractivity contribution >= 4 is 33.4 Å². The molecule has 0 aliphatic carbocycles. The molecule has 142 valence electrons. The van der Waals surface area contributed by atoms with Gasteiger partial charge in [-0.3, -0.25) is 9.59 Å². The first-order valence-corrected chi connectivity index (χ1v) is 9.09. The molecule has 0 spiro atoms. The zero-order chi connectivity index (χ0) is 19.4. The van der Waals surface area contributed by atoms with E-state index in [0.717, 1.165) is 15.7 Å². The van der Waals surface area contributed by atoms with E-state index >= 15 is 0 Å². The summed E-state index contributed by atoms with van der Waals surface area (Å²) in [5, 5.41) is 2.79. The van der Waals surface area contributed by atoms with E-state index < -0.39 is 12.5 Å². The highest BCUT2D eigenvalue weighted by Gasteiger charge is 2.34. The van der Waals surface area contributed by atoms with Crippen LogP contribution in [0.5, 0.6) is 5.75 Å². The maximum Gasteiger partial charge on any atom is 0.387 e. The van der Waals surface area contributed by atoms with E-state index in [4.69, 9.17) is 0 Å². The van der Waals surface area contributed by atoms with Crippen LogP contribution in [0.3, 0.4) is 0 Å². The number of anilines is 1. The molecule has 0 aromatic heterocycles. The maximum absolute atomic E-state index is 12.4. The molecule has 0 radical (unpaired) electrons. The van der Waals surface area contributed by atoms with Crippen LogP contribution in [-0.4, -0.2) is 25.0 Å². The first-order chi connectivity index (χ1) is 12.9. The number of ether oxygens (including phenoxy) is 1. The smallest absolute Gasteiger partial charge is 0.387 e. The van der Waals surface area contributed by atoms with Gasteiger partial charge in [-0.2, -0.15) is 8.78 Å². The molecule has 0 saturated carbocycles. The van der Waals surface area contributed by atoms with Crippen molar-refractivity contribution in [2.45, 2.75) is 19.6 Å². The fourth-order valence-electron chi connectivity index (χ4n) is 2.88. The lowest BCUT2D eigenvalue weighted by Gasteiger charge is -2.17. The molecule has 1 fully saturated rings. The van der Waals surface area contributed by atoms with Gasteiger partial charge >= 0.3 is 6.61 Å². The van der Waals surface area contributed by atoms with Gasteiger partial charge in [0.25, 0.3) is 0 Å². The minimum atomic E-state index is -2.87. The van der Waals surface area contributed by atoms with Gasteiger partial charge in [0, 0.05) is 29.7 Å². The molecular formula is C19H17BrF2N2O3. The number of carbonyl (C=O) groups is 2. The van der Waals surface area contributed by atoms with Crippen LogP contribution in [0, 0.1) is 5.92 Å². The minimum Gasteiger partial charge on any atom is -0.435 e. The lowest BCUT2D eigenvalue weighted by molar-refractivity contribution is -0.126. The van der Waals surface area contributed by atoms with Crippen LogP contribution in [0.4, 0.5) is 14.5 Å². The van der Waals surface area contributed by atoms with Gasteiger partial charge in [-0.15, -0.1) is 0 Å².